The predicted molar refractivity (Wildman–Crippen MR) is 72.7 cm³/mol. The summed E-state index contributed by atoms with van der Waals surface area (Å²) in [5, 5.41) is 0. The zero-order chi connectivity index (χ0) is 13.3. The Labute approximate surface area is 109 Å². The molecule has 1 aromatic rings. The van der Waals surface area contributed by atoms with Gasteiger partial charge >= 0.3 is 0 Å². The van der Waals surface area contributed by atoms with E-state index in [0.29, 0.717) is 0 Å². The maximum Gasteiger partial charge on any atom is 0.124 e. The van der Waals surface area contributed by atoms with Crippen LogP contribution in [-0.2, 0) is 10.3 Å². The molecule has 0 saturated heterocycles. The third kappa shape index (κ3) is 2.25. The third-order valence-corrected chi connectivity index (χ3v) is 4.04. The normalized spacial score (nSPS) is 22.7. The number of ether oxygens (including phenoxy) is 1. The molecule has 0 aromatic heterocycles. The second kappa shape index (κ2) is 4.90. The van der Waals surface area contributed by atoms with E-state index in [1.54, 1.807) is 7.11 Å². The lowest BCUT2D eigenvalue weighted by Crippen LogP contribution is -2.28. The van der Waals surface area contributed by atoms with Crippen molar-refractivity contribution in [2.24, 2.45) is 0 Å². The molecular formula is C15H23NO2. The van der Waals surface area contributed by atoms with Crippen molar-refractivity contribution in [1.82, 2.24) is 5.48 Å². The maximum atomic E-state index is 5.83. The molecule has 2 unspecified atom stereocenters. The molecule has 2 rings (SSSR count). The lowest BCUT2D eigenvalue weighted by molar-refractivity contribution is 0.0339. The molecule has 0 fully saturated rings. The molecule has 3 nitrogen and oxygen atoms in total. The average molecular weight is 249 g/mol. The molecule has 0 aliphatic carbocycles. The van der Waals surface area contributed by atoms with E-state index in [4.69, 9.17) is 9.57 Å². The van der Waals surface area contributed by atoms with Crippen molar-refractivity contribution in [1.29, 1.82) is 0 Å². The zero-order valence-electron chi connectivity index (χ0n) is 11.9. The Balaban J connectivity index is 2.37. The van der Waals surface area contributed by atoms with Gasteiger partial charge in [-0.3, -0.25) is 0 Å². The van der Waals surface area contributed by atoms with Crippen LogP contribution in [0.15, 0.2) is 18.2 Å². The number of benzene rings is 1. The first-order valence-electron chi connectivity index (χ1n) is 6.59. The SMILES string of the molecule is CCC(C)(C)c1ccc2c(c1)C(NOC)C(C)O2. The molecule has 0 spiro atoms. The van der Waals surface area contributed by atoms with Gasteiger partial charge in [0.05, 0.1) is 13.2 Å². The molecule has 100 valence electrons. The van der Waals surface area contributed by atoms with E-state index >= 15 is 0 Å². The van der Waals surface area contributed by atoms with Crippen LogP contribution in [0.25, 0.3) is 0 Å². The number of hydroxylamine groups is 1. The highest BCUT2D eigenvalue weighted by Gasteiger charge is 2.32. The summed E-state index contributed by atoms with van der Waals surface area (Å²) in [7, 11) is 1.64. The summed E-state index contributed by atoms with van der Waals surface area (Å²) >= 11 is 0. The first-order valence-corrected chi connectivity index (χ1v) is 6.59. The standard InChI is InChI=1S/C15H23NO2/c1-6-15(3,4)11-7-8-13-12(9-11)14(16-17-5)10(2)18-13/h7-10,14,16H,6H2,1-5H3. The van der Waals surface area contributed by atoms with E-state index in [9.17, 15) is 0 Å². The van der Waals surface area contributed by atoms with Crippen molar-refractivity contribution >= 4 is 0 Å². The van der Waals surface area contributed by atoms with E-state index in [1.807, 2.05) is 0 Å². The second-order valence-electron chi connectivity index (χ2n) is 5.61. The van der Waals surface area contributed by atoms with Gasteiger partial charge in [0.15, 0.2) is 0 Å². The number of fused-ring (bicyclic) bond motifs is 1. The summed E-state index contributed by atoms with van der Waals surface area (Å²) in [5.41, 5.74) is 5.76. The minimum Gasteiger partial charge on any atom is -0.488 e. The number of nitrogens with one attached hydrogen (secondary N) is 1. The summed E-state index contributed by atoms with van der Waals surface area (Å²) in [6, 6.07) is 6.61. The van der Waals surface area contributed by atoms with Crippen LogP contribution in [0.1, 0.15) is 51.3 Å². The highest BCUT2D eigenvalue weighted by atomic mass is 16.6. The molecule has 1 aromatic carbocycles. The van der Waals surface area contributed by atoms with Gasteiger partial charge in [0.2, 0.25) is 0 Å². The Morgan fingerprint density at radius 2 is 2.11 bits per heavy atom. The van der Waals surface area contributed by atoms with E-state index in [2.05, 4.69) is 51.4 Å². The van der Waals surface area contributed by atoms with Gasteiger partial charge in [-0.05, 0) is 36.5 Å². The van der Waals surface area contributed by atoms with Gasteiger partial charge < -0.3 is 9.57 Å². The van der Waals surface area contributed by atoms with Crippen molar-refractivity contribution in [3.63, 3.8) is 0 Å². The summed E-state index contributed by atoms with van der Waals surface area (Å²) in [5.74, 6) is 0.965. The first kappa shape index (κ1) is 13.4. The lowest BCUT2D eigenvalue weighted by Gasteiger charge is -2.24. The Hall–Kier alpha value is -1.06. The number of hydrogen-bond acceptors (Lipinski definition) is 3. The molecule has 0 saturated carbocycles. The van der Waals surface area contributed by atoms with Crippen LogP contribution in [0.2, 0.25) is 0 Å². The van der Waals surface area contributed by atoms with Crippen LogP contribution in [0.5, 0.6) is 5.75 Å². The second-order valence-corrected chi connectivity index (χ2v) is 5.61. The Morgan fingerprint density at radius 1 is 1.39 bits per heavy atom. The van der Waals surface area contributed by atoms with Gasteiger partial charge in [0.25, 0.3) is 0 Å². The highest BCUT2D eigenvalue weighted by molar-refractivity contribution is 5.45. The summed E-state index contributed by atoms with van der Waals surface area (Å²) in [6.07, 6.45) is 1.21. The fourth-order valence-electron chi connectivity index (χ4n) is 2.33. The first-order chi connectivity index (χ1) is 8.49. The van der Waals surface area contributed by atoms with E-state index in [1.165, 1.54) is 11.1 Å². The van der Waals surface area contributed by atoms with E-state index in [-0.39, 0.29) is 17.6 Å². The lowest BCUT2D eigenvalue weighted by atomic mass is 9.81. The van der Waals surface area contributed by atoms with Gasteiger partial charge in [-0.1, -0.05) is 26.8 Å². The van der Waals surface area contributed by atoms with Crippen molar-refractivity contribution in [3.8, 4) is 5.75 Å². The topological polar surface area (TPSA) is 30.5 Å². The molecule has 1 heterocycles. The molecule has 1 N–H and O–H groups in total. The Morgan fingerprint density at radius 3 is 2.72 bits per heavy atom. The molecule has 2 atom stereocenters. The molecule has 0 bridgehead atoms. The maximum absolute atomic E-state index is 5.83. The summed E-state index contributed by atoms with van der Waals surface area (Å²) in [6.45, 7) is 8.82. The minimum absolute atomic E-state index is 0.0972. The van der Waals surface area contributed by atoms with Crippen LogP contribution in [0.4, 0.5) is 0 Å². The van der Waals surface area contributed by atoms with E-state index < -0.39 is 0 Å². The van der Waals surface area contributed by atoms with Crippen LogP contribution in [0.3, 0.4) is 0 Å². The van der Waals surface area contributed by atoms with Crippen molar-refractivity contribution in [2.75, 3.05) is 7.11 Å². The van der Waals surface area contributed by atoms with Crippen LogP contribution in [0, 0.1) is 0 Å². The van der Waals surface area contributed by atoms with Crippen LogP contribution in [-0.4, -0.2) is 13.2 Å². The van der Waals surface area contributed by atoms with Gasteiger partial charge in [0.1, 0.15) is 11.9 Å². The molecule has 0 amide bonds. The van der Waals surface area contributed by atoms with Crippen molar-refractivity contribution in [3.05, 3.63) is 29.3 Å². The summed E-state index contributed by atoms with van der Waals surface area (Å²) < 4.78 is 5.83. The number of hydrogen-bond donors (Lipinski definition) is 1. The van der Waals surface area contributed by atoms with Crippen LogP contribution >= 0.6 is 0 Å². The van der Waals surface area contributed by atoms with Gasteiger partial charge in [-0.25, -0.2) is 0 Å². The Bertz CT molecular complexity index is 429. The molecule has 0 radical (unpaired) electrons. The third-order valence-electron chi connectivity index (χ3n) is 4.04. The fraction of sp³-hybridized carbons (Fsp3) is 0.600. The quantitative estimate of drug-likeness (QED) is 0.830. The fourth-order valence-corrected chi connectivity index (χ4v) is 2.33. The zero-order valence-corrected chi connectivity index (χ0v) is 11.9. The van der Waals surface area contributed by atoms with Crippen LogP contribution < -0.4 is 10.2 Å². The average Bonchev–Trinajstić information content (AvgIpc) is 2.66. The molecule has 1 aliphatic heterocycles. The molecular weight excluding hydrogens is 226 g/mol. The predicted octanol–water partition coefficient (Wildman–Crippen LogP) is 3.35. The minimum atomic E-state index is 0.0972. The largest absolute Gasteiger partial charge is 0.488 e. The smallest absolute Gasteiger partial charge is 0.124 e. The Kier molecular flexibility index (Phi) is 3.64. The summed E-state index contributed by atoms with van der Waals surface area (Å²) in [4.78, 5) is 5.07. The van der Waals surface area contributed by atoms with Gasteiger partial charge in [-0.2, -0.15) is 5.48 Å². The molecule has 3 heteroatoms. The van der Waals surface area contributed by atoms with Gasteiger partial charge in [0, 0.05) is 5.56 Å². The monoisotopic (exact) mass is 249 g/mol. The van der Waals surface area contributed by atoms with Crippen molar-refractivity contribution < 1.29 is 9.57 Å². The van der Waals surface area contributed by atoms with E-state index in [0.717, 1.165) is 12.2 Å². The van der Waals surface area contributed by atoms with Gasteiger partial charge in [-0.15, -0.1) is 0 Å². The highest BCUT2D eigenvalue weighted by Crippen LogP contribution is 2.39. The number of rotatable bonds is 4. The van der Waals surface area contributed by atoms with Crippen molar-refractivity contribution in [2.45, 2.75) is 51.7 Å². The molecule has 18 heavy (non-hydrogen) atoms. The molecule has 1 aliphatic rings.